The number of piperazine rings is 1. The van der Waals surface area contributed by atoms with Crippen molar-refractivity contribution in [2.75, 3.05) is 32.7 Å². The smallest absolute Gasteiger partial charge is 0.289 e. The number of hydrogen-bond donors (Lipinski definition) is 1. The summed E-state index contributed by atoms with van der Waals surface area (Å²) in [5.74, 6) is -0.181. The van der Waals surface area contributed by atoms with Crippen LogP contribution in [0.1, 0.15) is 21.7 Å². The number of benzene rings is 1. The highest BCUT2D eigenvalue weighted by Gasteiger charge is 2.26. The van der Waals surface area contributed by atoms with Gasteiger partial charge in [0.1, 0.15) is 0 Å². The summed E-state index contributed by atoms with van der Waals surface area (Å²) in [4.78, 5) is 40.0. The Morgan fingerprint density at radius 3 is 2.37 bits per heavy atom. The predicted octanol–water partition coefficient (Wildman–Crippen LogP) is 1.23. The molecule has 3 amide bonds. The van der Waals surface area contributed by atoms with E-state index < -0.39 is 0 Å². The second-order valence-electron chi connectivity index (χ2n) is 6.53. The zero-order valence-corrected chi connectivity index (χ0v) is 15.3. The number of carbonyl (C=O) groups excluding carboxylic acids is 3. The van der Waals surface area contributed by atoms with Crippen molar-refractivity contribution in [3.8, 4) is 0 Å². The minimum absolute atomic E-state index is 0.0309. The van der Waals surface area contributed by atoms with Crippen molar-refractivity contribution in [3.63, 3.8) is 0 Å². The van der Waals surface area contributed by atoms with E-state index in [1.165, 1.54) is 6.26 Å². The molecule has 7 nitrogen and oxygen atoms in total. The van der Waals surface area contributed by atoms with E-state index in [2.05, 4.69) is 5.32 Å². The first-order valence-electron chi connectivity index (χ1n) is 8.96. The summed E-state index contributed by atoms with van der Waals surface area (Å²) in [6, 6.07) is 11.0. The van der Waals surface area contributed by atoms with Crippen molar-refractivity contribution in [2.24, 2.45) is 0 Å². The lowest BCUT2D eigenvalue weighted by Gasteiger charge is -2.34. The fourth-order valence-electron chi connectivity index (χ4n) is 3.04. The molecule has 7 heteroatoms. The summed E-state index contributed by atoms with van der Waals surface area (Å²) in [5.41, 5.74) is 2.00. The molecule has 0 atom stereocenters. The molecule has 2 aromatic rings. The lowest BCUT2D eigenvalue weighted by atomic mass is 10.1. The Kier molecular flexibility index (Phi) is 5.90. The molecular weight excluding hydrogens is 346 g/mol. The van der Waals surface area contributed by atoms with E-state index in [-0.39, 0.29) is 30.7 Å². The molecule has 27 heavy (non-hydrogen) atoms. The van der Waals surface area contributed by atoms with Gasteiger partial charge in [-0.3, -0.25) is 14.4 Å². The zero-order valence-electron chi connectivity index (χ0n) is 15.3. The third-order valence-corrected chi connectivity index (χ3v) is 4.70. The number of nitrogens with zero attached hydrogens (tertiary/aromatic N) is 2. The number of furan rings is 1. The third-order valence-electron chi connectivity index (χ3n) is 4.70. The van der Waals surface area contributed by atoms with Crippen LogP contribution in [0.15, 0.2) is 47.1 Å². The maximum absolute atomic E-state index is 12.3. The highest BCUT2D eigenvalue weighted by atomic mass is 16.3. The lowest BCUT2D eigenvalue weighted by Crippen LogP contribution is -2.52. The summed E-state index contributed by atoms with van der Waals surface area (Å²) in [6.45, 7) is 3.71. The largest absolute Gasteiger partial charge is 0.459 e. The summed E-state index contributed by atoms with van der Waals surface area (Å²) in [7, 11) is 0. The van der Waals surface area contributed by atoms with Gasteiger partial charge in [-0.1, -0.05) is 24.3 Å². The monoisotopic (exact) mass is 369 g/mol. The Morgan fingerprint density at radius 1 is 1.00 bits per heavy atom. The number of amides is 3. The molecule has 0 aliphatic carbocycles. The Bertz CT molecular complexity index is 808. The molecule has 1 fully saturated rings. The van der Waals surface area contributed by atoms with Crippen LogP contribution in [0, 0.1) is 6.92 Å². The molecule has 1 aromatic carbocycles. The average Bonchev–Trinajstić information content (AvgIpc) is 3.22. The molecule has 0 radical (unpaired) electrons. The summed E-state index contributed by atoms with van der Waals surface area (Å²) < 4.78 is 5.13. The van der Waals surface area contributed by atoms with Crippen LogP contribution in [-0.4, -0.2) is 60.2 Å². The number of rotatable bonds is 5. The van der Waals surface area contributed by atoms with E-state index in [1.54, 1.807) is 21.9 Å². The maximum Gasteiger partial charge on any atom is 0.289 e. The fourth-order valence-corrected chi connectivity index (χ4v) is 3.04. The van der Waals surface area contributed by atoms with E-state index in [0.29, 0.717) is 31.9 Å². The van der Waals surface area contributed by atoms with Crippen LogP contribution < -0.4 is 5.32 Å². The van der Waals surface area contributed by atoms with Gasteiger partial charge in [0.25, 0.3) is 5.91 Å². The van der Waals surface area contributed by atoms with Crippen LogP contribution in [0.5, 0.6) is 0 Å². The van der Waals surface area contributed by atoms with E-state index in [4.69, 9.17) is 4.42 Å². The van der Waals surface area contributed by atoms with Gasteiger partial charge in [-0.25, -0.2) is 0 Å². The molecule has 142 valence electrons. The van der Waals surface area contributed by atoms with Gasteiger partial charge in [-0.15, -0.1) is 0 Å². The maximum atomic E-state index is 12.3. The molecule has 0 unspecified atom stereocenters. The van der Waals surface area contributed by atoms with Gasteiger partial charge < -0.3 is 19.5 Å². The van der Waals surface area contributed by atoms with Crippen LogP contribution in [0.4, 0.5) is 0 Å². The molecule has 3 rings (SSSR count). The van der Waals surface area contributed by atoms with Crippen molar-refractivity contribution in [1.29, 1.82) is 0 Å². The minimum Gasteiger partial charge on any atom is -0.459 e. The number of nitrogens with one attached hydrogen (secondary N) is 1. The second kappa shape index (κ2) is 8.53. The molecule has 1 aliphatic heterocycles. The van der Waals surface area contributed by atoms with E-state index in [9.17, 15) is 14.4 Å². The molecule has 0 saturated carbocycles. The highest BCUT2D eigenvalue weighted by molar-refractivity contribution is 5.91. The van der Waals surface area contributed by atoms with Crippen LogP contribution in [-0.2, 0) is 16.0 Å². The summed E-state index contributed by atoms with van der Waals surface area (Å²) in [6.07, 6.45) is 1.72. The Balaban J connectivity index is 1.42. The van der Waals surface area contributed by atoms with Gasteiger partial charge in [0.15, 0.2) is 5.76 Å². The summed E-state index contributed by atoms with van der Waals surface area (Å²) in [5, 5.41) is 2.69. The van der Waals surface area contributed by atoms with Crippen molar-refractivity contribution in [2.45, 2.75) is 13.3 Å². The van der Waals surface area contributed by atoms with Gasteiger partial charge in [0, 0.05) is 26.2 Å². The van der Waals surface area contributed by atoms with E-state index >= 15 is 0 Å². The number of carbonyl (C=O) groups is 3. The standard InChI is InChI=1S/C20H23N3O4/c1-15-5-2-3-6-16(15)13-18(24)21-14-19(25)22-8-10-23(11-9-22)20(26)17-7-4-12-27-17/h2-7,12H,8-11,13-14H2,1H3,(H,21,24). The van der Waals surface area contributed by atoms with Gasteiger partial charge in [-0.05, 0) is 30.2 Å². The zero-order chi connectivity index (χ0) is 19.2. The quantitative estimate of drug-likeness (QED) is 0.859. The van der Waals surface area contributed by atoms with Gasteiger partial charge in [0.05, 0.1) is 19.2 Å². The topological polar surface area (TPSA) is 82.9 Å². The minimum atomic E-state index is -0.177. The third kappa shape index (κ3) is 4.75. The Hall–Kier alpha value is -3.09. The number of hydrogen-bond acceptors (Lipinski definition) is 4. The average molecular weight is 369 g/mol. The van der Waals surface area contributed by atoms with Crippen molar-refractivity contribution in [1.82, 2.24) is 15.1 Å². The second-order valence-corrected chi connectivity index (χ2v) is 6.53. The normalized spacial score (nSPS) is 14.1. The van der Waals surface area contributed by atoms with Crippen LogP contribution in [0.3, 0.4) is 0 Å². The summed E-state index contributed by atoms with van der Waals surface area (Å²) >= 11 is 0. The van der Waals surface area contributed by atoms with Crippen LogP contribution in [0.25, 0.3) is 0 Å². The highest BCUT2D eigenvalue weighted by Crippen LogP contribution is 2.10. The molecule has 0 bridgehead atoms. The van der Waals surface area contributed by atoms with Crippen LogP contribution in [0.2, 0.25) is 0 Å². The van der Waals surface area contributed by atoms with E-state index in [1.807, 2.05) is 31.2 Å². The molecule has 1 saturated heterocycles. The van der Waals surface area contributed by atoms with Gasteiger partial charge >= 0.3 is 0 Å². The van der Waals surface area contributed by atoms with Gasteiger partial charge in [0.2, 0.25) is 11.8 Å². The SMILES string of the molecule is Cc1ccccc1CC(=O)NCC(=O)N1CCN(C(=O)c2ccco2)CC1. The van der Waals surface area contributed by atoms with Gasteiger partial charge in [-0.2, -0.15) is 0 Å². The molecule has 1 aromatic heterocycles. The Morgan fingerprint density at radius 2 is 1.70 bits per heavy atom. The molecule has 1 aliphatic rings. The van der Waals surface area contributed by atoms with Crippen molar-refractivity contribution < 1.29 is 18.8 Å². The number of aryl methyl sites for hydroxylation is 1. The first kappa shape index (κ1) is 18.7. The molecule has 0 spiro atoms. The fraction of sp³-hybridized carbons (Fsp3) is 0.350. The molecular formula is C20H23N3O4. The first-order valence-corrected chi connectivity index (χ1v) is 8.96. The van der Waals surface area contributed by atoms with Crippen LogP contribution >= 0.6 is 0 Å². The molecule has 1 N–H and O–H groups in total. The first-order chi connectivity index (χ1) is 13.0. The predicted molar refractivity (Wildman–Crippen MR) is 99.1 cm³/mol. The lowest BCUT2D eigenvalue weighted by molar-refractivity contribution is -0.134. The van der Waals surface area contributed by atoms with E-state index in [0.717, 1.165) is 11.1 Å². The van der Waals surface area contributed by atoms with Crippen molar-refractivity contribution in [3.05, 3.63) is 59.5 Å². The molecule has 2 heterocycles. The van der Waals surface area contributed by atoms with Crippen molar-refractivity contribution >= 4 is 17.7 Å². The Labute approximate surface area is 157 Å².